The maximum atomic E-state index is 12.4. The summed E-state index contributed by atoms with van der Waals surface area (Å²) in [6.07, 6.45) is 2.23. The van der Waals surface area contributed by atoms with Crippen molar-refractivity contribution in [3.05, 3.63) is 89.7 Å². The fraction of sp³-hybridized carbons (Fsp3) is 0.174. The van der Waals surface area contributed by atoms with Crippen molar-refractivity contribution in [2.24, 2.45) is 0 Å². The van der Waals surface area contributed by atoms with Gasteiger partial charge in [0.05, 0.1) is 12.5 Å². The van der Waals surface area contributed by atoms with E-state index in [-0.39, 0.29) is 18.9 Å². The van der Waals surface area contributed by atoms with Crippen molar-refractivity contribution in [2.75, 3.05) is 6.61 Å². The highest BCUT2D eigenvalue weighted by molar-refractivity contribution is 5.79. The summed E-state index contributed by atoms with van der Waals surface area (Å²) < 4.78 is 5.51. The third-order valence-electron chi connectivity index (χ3n) is 5.12. The van der Waals surface area contributed by atoms with Gasteiger partial charge in [0.1, 0.15) is 6.61 Å². The Balaban J connectivity index is 1.47. The molecule has 1 aliphatic carbocycles. The zero-order valence-electron chi connectivity index (χ0n) is 15.6. The lowest BCUT2D eigenvalue weighted by molar-refractivity contribution is -0.137. The summed E-state index contributed by atoms with van der Waals surface area (Å²) in [5.41, 5.74) is 5.21. The SMILES string of the molecule is O=C(O)C[C@@H](NC(=O)OCC1c2ccccc2-c2ccccc21)c1ccncc1. The zero-order valence-corrected chi connectivity index (χ0v) is 15.6. The number of carboxylic acids is 1. The molecule has 1 aliphatic rings. The number of carboxylic acid groups (broad SMARTS) is 1. The van der Waals surface area contributed by atoms with Gasteiger partial charge in [-0.2, -0.15) is 0 Å². The van der Waals surface area contributed by atoms with Crippen molar-refractivity contribution < 1.29 is 19.4 Å². The fourth-order valence-corrected chi connectivity index (χ4v) is 3.80. The number of rotatable bonds is 6. The Bertz CT molecular complexity index is 990. The highest BCUT2D eigenvalue weighted by atomic mass is 16.5. The first kappa shape index (κ1) is 18.7. The van der Waals surface area contributed by atoms with E-state index in [0.29, 0.717) is 5.56 Å². The molecule has 1 atom stereocenters. The molecule has 0 bridgehead atoms. The van der Waals surface area contributed by atoms with Gasteiger partial charge in [-0.1, -0.05) is 48.5 Å². The van der Waals surface area contributed by atoms with Crippen LogP contribution in [0.5, 0.6) is 0 Å². The summed E-state index contributed by atoms with van der Waals surface area (Å²) in [5.74, 6) is -1.06. The first-order valence-corrected chi connectivity index (χ1v) is 9.36. The van der Waals surface area contributed by atoms with Crippen LogP contribution >= 0.6 is 0 Å². The number of nitrogens with zero attached hydrogens (tertiary/aromatic N) is 1. The van der Waals surface area contributed by atoms with Crippen LogP contribution in [-0.2, 0) is 9.53 Å². The number of carbonyl (C=O) groups excluding carboxylic acids is 1. The van der Waals surface area contributed by atoms with Crippen LogP contribution in [0.1, 0.15) is 35.1 Å². The second-order valence-electron chi connectivity index (χ2n) is 6.90. The molecule has 0 spiro atoms. The van der Waals surface area contributed by atoms with E-state index in [4.69, 9.17) is 4.74 Å². The van der Waals surface area contributed by atoms with Gasteiger partial charge in [0.2, 0.25) is 0 Å². The number of hydrogen-bond acceptors (Lipinski definition) is 4. The quantitative estimate of drug-likeness (QED) is 0.663. The van der Waals surface area contributed by atoms with Crippen LogP contribution in [0.3, 0.4) is 0 Å². The maximum absolute atomic E-state index is 12.4. The summed E-state index contributed by atoms with van der Waals surface area (Å²) in [5, 5.41) is 11.8. The third-order valence-corrected chi connectivity index (χ3v) is 5.12. The lowest BCUT2D eigenvalue weighted by Crippen LogP contribution is -2.31. The number of pyridine rings is 1. The van der Waals surface area contributed by atoms with Gasteiger partial charge >= 0.3 is 12.1 Å². The van der Waals surface area contributed by atoms with Gasteiger partial charge in [-0.3, -0.25) is 9.78 Å². The topological polar surface area (TPSA) is 88.5 Å². The summed E-state index contributed by atoms with van der Waals surface area (Å²) in [6, 6.07) is 18.8. The van der Waals surface area contributed by atoms with E-state index in [1.54, 1.807) is 24.5 Å². The highest BCUT2D eigenvalue weighted by Crippen LogP contribution is 2.44. The number of aliphatic carboxylic acids is 1. The van der Waals surface area contributed by atoms with Gasteiger partial charge in [0.15, 0.2) is 0 Å². The van der Waals surface area contributed by atoms with Gasteiger partial charge in [0, 0.05) is 18.3 Å². The second-order valence-corrected chi connectivity index (χ2v) is 6.90. The van der Waals surface area contributed by atoms with Crippen LogP contribution in [0.2, 0.25) is 0 Å². The second kappa shape index (κ2) is 8.14. The highest BCUT2D eigenvalue weighted by Gasteiger charge is 2.29. The summed E-state index contributed by atoms with van der Waals surface area (Å²) >= 11 is 0. The molecule has 0 fully saturated rings. The molecule has 0 saturated heterocycles. The maximum Gasteiger partial charge on any atom is 0.407 e. The van der Waals surface area contributed by atoms with E-state index < -0.39 is 18.1 Å². The Morgan fingerprint density at radius 1 is 0.966 bits per heavy atom. The van der Waals surface area contributed by atoms with Crippen LogP contribution < -0.4 is 5.32 Å². The van der Waals surface area contributed by atoms with Gasteiger partial charge < -0.3 is 15.2 Å². The molecule has 1 heterocycles. The Morgan fingerprint density at radius 2 is 1.55 bits per heavy atom. The molecule has 146 valence electrons. The molecule has 1 amide bonds. The number of benzene rings is 2. The number of aromatic nitrogens is 1. The molecule has 2 aromatic carbocycles. The van der Waals surface area contributed by atoms with Crippen LogP contribution in [0.4, 0.5) is 4.79 Å². The number of ether oxygens (including phenoxy) is 1. The Hall–Kier alpha value is -3.67. The Labute approximate surface area is 168 Å². The van der Waals surface area contributed by atoms with Crippen molar-refractivity contribution in [1.82, 2.24) is 10.3 Å². The number of alkyl carbamates (subject to hydrolysis) is 1. The van der Waals surface area contributed by atoms with E-state index in [2.05, 4.69) is 22.4 Å². The number of fused-ring (bicyclic) bond motifs is 3. The summed E-state index contributed by atoms with van der Waals surface area (Å²) in [6.45, 7) is 0.177. The molecule has 1 aromatic heterocycles. The summed E-state index contributed by atoms with van der Waals surface area (Å²) in [7, 11) is 0. The molecular weight excluding hydrogens is 368 g/mol. The van der Waals surface area contributed by atoms with Crippen LogP contribution in [0.15, 0.2) is 73.1 Å². The monoisotopic (exact) mass is 388 g/mol. The lowest BCUT2D eigenvalue weighted by Gasteiger charge is -2.19. The number of hydrogen-bond donors (Lipinski definition) is 2. The average Bonchev–Trinajstić information content (AvgIpc) is 3.06. The van der Waals surface area contributed by atoms with Crippen molar-refractivity contribution in [1.29, 1.82) is 0 Å². The molecule has 29 heavy (non-hydrogen) atoms. The molecule has 0 aliphatic heterocycles. The van der Waals surface area contributed by atoms with Gasteiger partial charge in [-0.25, -0.2) is 4.79 Å². The average molecular weight is 388 g/mol. The van der Waals surface area contributed by atoms with Crippen molar-refractivity contribution >= 4 is 12.1 Å². The van der Waals surface area contributed by atoms with Crippen LogP contribution in [0.25, 0.3) is 11.1 Å². The van der Waals surface area contributed by atoms with E-state index in [0.717, 1.165) is 22.3 Å². The standard InChI is InChI=1S/C23H20N2O4/c26-22(27)13-21(15-9-11-24-12-10-15)25-23(28)29-14-20-18-7-3-1-5-16(18)17-6-2-4-8-19(17)20/h1-12,20-21H,13-14H2,(H,25,28)(H,26,27)/t21-/m1/s1. The summed E-state index contributed by atoms with van der Waals surface area (Å²) in [4.78, 5) is 27.6. The van der Waals surface area contributed by atoms with E-state index in [9.17, 15) is 14.7 Å². The molecule has 0 radical (unpaired) electrons. The minimum Gasteiger partial charge on any atom is -0.481 e. The van der Waals surface area contributed by atoms with Gasteiger partial charge in [-0.05, 0) is 39.9 Å². The van der Waals surface area contributed by atoms with Crippen LogP contribution in [-0.4, -0.2) is 28.8 Å². The number of carbonyl (C=O) groups is 2. The van der Waals surface area contributed by atoms with E-state index in [1.165, 1.54) is 0 Å². The first-order valence-electron chi connectivity index (χ1n) is 9.36. The predicted molar refractivity (Wildman–Crippen MR) is 107 cm³/mol. The number of amides is 1. The Morgan fingerprint density at radius 3 is 2.14 bits per heavy atom. The van der Waals surface area contributed by atoms with Crippen molar-refractivity contribution in [2.45, 2.75) is 18.4 Å². The minimum absolute atomic E-state index is 0.0491. The zero-order chi connectivity index (χ0) is 20.2. The smallest absolute Gasteiger partial charge is 0.407 e. The third kappa shape index (κ3) is 3.96. The largest absolute Gasteiger partial charge is 0.481 e. The van der Waals surface area contributed by atoms with Crippen molar-refractivity contribution in [3.8, 4) is 11.1 Å². The fourth-order valence-electron chi connectivity index (χ4n) is 3.80. The Kier molecular flexibility index (Phi) is 5.24. The van der Waals surface area contributed by atoms with Crippen molar-refractivity contribution in [3.63, 3.8) is 0 Å². The molecule has 3 aromatic rings. The van der Waals surface area contributed by atoms with Crippen LogP contribution in [0, 0.1) is 0 Å². The van der Waals surface area contributed by atoms with Gasteiger partial charge in [-0.15, -0.1) is 0 Å². The predicted octanol–water partition coefficient (Wildman–Crippen LogP) is 4.14. The minimum atomic E-state index is -1.01. The molecule has 6 nitrogen and oxygen atoms in total. The molecule has 2 N–H and O–H groups in total. The van der Waals surface area contributed by atoms with Gasteiger partial charge in [0.25, 0.3) is 0 Å². The normalized spacial score (nSPS) is 13.2. The lowest BCUT2D eigenvalue weighted by atomic mass is 9.98. The number of nitrogens with one attached hydrogen (secondary N) is 1. The van der Waals surface area contributed by atoms with E-state index in [1.807, 2.05) is 36.4 Å². The molecule has 0 unspecified atom stereocenters. The molecular formula is C23H20N2O4. The van der Waals surface area contributed by atoms with E-state index >= 15 is 0 Å². The molecule has 6 heteroatoms. The first-order chi connectivity index (χ1) is 14.1. The molecule has 0 saturated carbocycles. The molecule has 4 rings (SSSR count).